The first-order valence-corrected chi connectivity index (χ1v) is 5.39. The molecule has 0 aliphatic carbocycles. The maximum atomic E-state index is 13.9. The number of halogens is 3. The van der Waals surface area contributed by atoms with E-state index in [2.05, 4.69) is 4.74 Å². The Balaban J connectivity index is 2.51. The third-order valence-corrected chi connectivity index (χ3v) is 3.18. The normalized spacial score (nSPS) is 33.5. The van der Waals surface area contributed by atoms with Gasteiger partial charge in [0, 0.05) is 12.3 Å². The van der Waals surface area contributed by atoms with E-state index < -0.39 is 41.8 Å². The lowest BCUT2D eigenvalue weighted by atomic mass is 9.98. The Hall–Kier alpha value is -1.61. The molecule has 1 aromatic rings. The van der Waals surface area contributed by atoms with Crippen molar-refractivity contribution in [3.05, 3.63) is 33.1 Å². The molecule has 0 radical (unpaired) electrons. The summed E-state index contributed by atoms with van der Waals surface area (Å²) in [6, 6.07) is 0.836. The number of H-pyrrole nitrogens is 1. The van der Waals surface area contributed by atoms with E-state index in [1.807, 2.05) is 0 Å². The first-order chi connectivity index (χ1) is 8.72. The highest BCUT2D eigenvalue weighted by Gasteiger charge is 2.65. The second-order valence-electron chi connectivity index (χ2n) is 4.33. The standard InChI is InChI=1S/C10H11F3N2O4/c1-5-9(11,4-16)19-7(10(5,12)13)15-3-2-6(17)14-8(15)18/h2-3,5,7,16H,4H2,1H3,(H,14,17,18)/t5-,7-,9-/m1/s1. The lowest BCUT2D eigenvalue weighted by Gasteiger charge is -2.21. The minimum atomic E-state index is -3.72. The van der Waals surface area contributed by atoms with Gasteiger partial charge in [-0.05, 0) is 0 Å². The molecule has 2 heterocycles. The predicted octanol–water partition coefficient (Wildman–Crippen LogP) is -0.00510. The van der Waals surface area contributed by atoms with Crippen LogP contribution in [-0.4, -0.2) is 33.0 Å². The molecular formula is C10H11F3N2O4. The van der Waals surface area contributed by atoms with Gasteiger partial charge in [-0.1, -0.05) is 6.92 Å². The molecule has 0 amide bonds. The molecule has 0 unspecified atom stereocenters. The zero-order valence-electron chi connectivity index (χ0n) is 9.77. The van der Waals surface area contributed by atoms with Gasteiger partial charge in [0.15, 0.2) is 0 Å². The smallest absolute Gasteiger partial charge is 0.330 e. The Kier molecular flexibility index (Phi) is 3.06. The van der Waals surface area contributed by atoms with Gasteiger partial charge in [0.05, 0.1) is 5.92 Å². The van der Waals surface area contributed by atoms with Crippen molar-refractivity contribution in [2.24, 2.45) is 5.92 Å². The molecule has 0 bridgehead atoms. The second kappa shape index (κ2) is 4.20. The fourth-order valence-corrected chi connectivity index (χ4v) is 1.90. The largest absolute Gasteiger partial charge is 0.390 e. The molecule has 19 heavy (non-hydrogen) atoms. The molecule has 0 spiro atoms. The summed E-state index contributed by atoms with van der Waals surface area (Å²) >= 11 is 0. The molecular weight excluding hydrogens is 269 g/mol. The molecule has 106 valence electrons. The fourth-order valence-electron chi connectivity index (χ4n) is 1.90. The van der Waals surface area contributed by atoms with Crippen LogP contribution in [0.5, 0.6) is 0 Å². The molecule has 3 atom stereocenters. The number of hydrogen-bond acceptors (Lipinski definition) is 4. The molecule has 1 aliphatic rings. The van der Waals surface area contributed by atoms with Crippen LogP contribution in [0.2, 0.25) is 0 Å². The topological polar surface area (TPSA) is 84.3 Å². The van der Waals surface area contributed by atoms with Crippen molar-refractivity contribution in [3.8, 4) is 0 Å². The molecule has 2 rings (SSSR count). The molecule has 0 aromatic carbocycles. The number of alkyl halides is 3. The second-order valence-corrected chi connectivity index (χ2v) is 4.33. The maximum Gasteiger partial charge on any atom is 0.330 e. The van der Waals surface area contributed by atoms with Gasteiger partial charge in [-0.25, -0.2) is 18.0 Å². The molecule has 9 heteroatoms. The third-order valence-electron chi connectivity index (χ3n) is 3.18. The first kappa shape index (κ1) is 13.8. The van der Waals surface area contributed by atoms with Gasteiger partial charge in [0.25, 0.3) is 5.56 Å². The monoisotopic (exact) mass is 280 g/mol. The Morgan fingerprint density at radius 1 is 1.47 bits per heavy atom. The summed E-state index contributed by atoms with van der Waals surface area (Å²) in [6.45, 7) is -0.398. The van der Waals surface area contributed by atoms with E-state index in [9.17, 15) is 22.8 Å². The van der Waals surface area contributed by atoms with Crippen molar-refractivity contribution < 1.29 is 23.0 Å². The van der Waals surface area contributed by atoms with Crippen LogP contribution in [0.15, 0.2) is 21.9 Å². The summed E-state index contributed by atoms with van der Waals surface area (Å²) in [5.74, 6) is -8.63. The summed E-state index contributed by atoms with van der Waals surface area (Å²) in [5.41, 5.74) is -1.92. The molecule has 1 aromatic heterocycles. The van der Waals surface area contributed by atoms with E-state index in [0.717, 1.165) is 19.2 Å². The molecule has 1 fully saturated rings. The highest BCUT2D eigenvalue weighted by molar-refractivity contribution is 4.99. The summed E-state index contributed by atoms with van der Waals surface area (Å²) < 4.78 is 46.7. The first-order valence-electron chi connectivity index (χ1n) is 5.39. The van der Waals surface area contributed by atoms with Crippen LogP contribution in [0.25, 0.3) is 0 Å². The summed E-state index contributed by atoms with van der Waals surface area (Å²) in [6.07, 6.45) is -1.45. The average molecular weight is 280 g/mol. The highest BCUT2D eigenvalue weighted by Crippen LogP contribution is 2.51. The Labute approximate surface area is 104 Å². The van der Waals surface area contributed by atoms with Crippen molar-refractivity contribution in [2.45, 2.75) is 24.9 Å². The summed E-state index contributed by atoms with van der Waals surface area (Å²) in [7, 11) is 0. The number of nitrogens with one attached hydrogen (secondary N) is 1. The van der Waals surface area contributed by atoms with E-state index in [-0.39, 0.29) is 0 Å². The minimum absolute atomic E-state index is 0.384. The zero-order valence-corrected chi connectivity index (χ0v) is 9.77. The van der Waals surface area contributed by atoms with Gasteiger partial charge in [0.2, 0.25) is 12.1 Å². The number of aliphatic hydroxyl groups excluding tert-OH is 1. The molecule has 2 N–H and O–H groups in total. The summed E-state index contributed by atoms with van der Waals surface area (Å²) in [5, 5.41) is 8.83. The van der Waals surface area contributed by atoms with Gasteiger partial charge in [-0.2, -0.15) is 0 Å². The number of aliphatic hydroxyl groups is 1. The summed E-state index contributed by atoms with van der Waals surface area (Å²) in [4.78, 5) is 24.1. The number of ether oxygens (including phenoxy) is 1. The van der Waals surface area contributed by atoms with Crippen LogP contribution in [0, 0.1) is 5.92 Å². The van der Waals surface area contributed by atoms with Crippen molar-refractivity contribution in [3.63, 3.8) is 0 Å². The van der Waals surface area contributed by atoms with E-state index in [1.54, 1.807) is 4.98 Å². The third kappa shape index (κ3) is 1.98. The lowest BCUT2D eigenvalue weighted by Crippen LogP contribution is -2.40. The van der Waals surface area contributed by atoms with Gasteiger partial charge in [-0.3, -0.25) is 14.3 Å². The minimum Gasteiger partial charge on any atom is -0.390 e. The highest BCUT2D eigenvalue weighted by atomic mass is 19.3. The van der Waals surface area contributed by atoms with Gasteiger partial charge in [0.1, 0.15) is 6.61 Å². The number of nitrogens with zero attached hydrogens (tertiary/aromatic N) is 1. The fraction of sp³-hybridized carbons (Fsp3) is 0.600. The molecule has 1 saturated heterocycles. The predicted molar refractivity (Wildman–Crippen MR) is 56.5 cm³/mol. The zero-order chi connectivity index (χ0) is 14.4. The van der Waals surface area contributed by atoms with Crippen molar-refractivity contribution >= 4 is 0 Å². The van der Waals surface area contributed by atoms with Crippen molar-refractivity contribution in [2.75, 3.05) is 6.61 Å². The van der Waals surface area contributed by atoms with Crippen molar-refractivity contribution in [1.82, 2.24) is 9.55 Å². The van der Waals surface area contributed by atoms with Crippen LogP contribution in [-0.2, 0) is 4.74 Å². The number of aromatic amines is 1. The quantitative estimate of drug-likeness (QED) is 0.798. The van der Waals surface area contributed by atoms with Gasteiger partial charge >= 0.3 is 11.6 Å². The van der Waals surface area contributed by atoms with Crippen LogP contribution in [0.1, 0.15) is 13.2 Å². The average Bonchev–Trinajstić information content (AvgIpc) is 2.51. The SMILES string of the molecule is C[C@H]1C(F)(F)[C@H](n2ccc(=O)[nH]c2=O)O[C@]1(F)CO. The lowest BCUT2D eigenvalue weighted by molar-refractivity contribution is -0.196. The molecule has 0 saturated carbocycles. The number of aromatic nitrogens is 2. The van der Waals surface area contributed by atoms with Gasteiger partial charge in [-0.15, -0.1) is 0 Å². The van der Waals surface area contributed by atoms with Crippen LogP contribution >= 0.6 is 0 Å². The number of hydrogen-bond donors (Lipinski definition) is 2. The van der Waals surface area contributed by atoms with Crippen LogP contribution < -0.4 is 11.2 Å². The Bertz CT molecular complexity index is 599. The van der Waals surface area contributed by atoms with E-state index >= 15 is 0 Å². The van der Waals surface area contributed by atoms with E-state index in [0.29, 0.717) is 4.57 Å². The number of rotatable bonds is 2. The molecule has 6 nitrogen and oxygen atoms in total. The molecule has 1 aliphatic heterocycles. The van der Waals surface area contributed by atoms with E-state index in [4.69, 9.17) is 5.11 Å². The Morgan fingerprint density at radius 2 is 2.11 bits per heavy atom. The van der Waals surface area contributed by atoms with Crippen LogP contribution in [0.4, 0.5) is 13.2 Å². The van der Waals surface area contributed by atoms with Crippen molar-refractivity contribution in [1.29, 1.82) is 0 Å². The maximum absolute atomic E-state index is 13.9. The van der Waals surface area contributed by atoms with E-state index in [1.165, 1.54) is 0 Å². The Morgan fingerprint density at radius 3 is 2.58 bits per heavy atom. The van der Waals surface area contributed by atoms with Gasteiger partial charge < -0.3 is 9.84 Å². The van der Waals surface area contributed by atoms with Crippen LogP contribution in [0.3, 0.4) is 0 Å².